The Balaban J connectivity index is 2.13. The van der Waals surface area contributed by atoms with Crippen LogP contribution < -0.4 is 5.73 Å². The summed E-state index contributed by atoms with van der Waals surface area (Å²) < 4.78 is 3.94. The van der Waals surface area contributed by atoms with Crippen molar-refractivity contribution in [3.63, 3.8) is 0 Å². The standard InChI is InChI=1S/C14H17N5/c1-9-11(10(2)18(3)17-9)8-19-13-7-5-4-6-12(13)16-14(19)15/h4-7H,8H2,1-3H3,(H2,15,16). The average Bonchev–Trinajstić information content (AvgIpc) is 2.82. The molecule has 0 aliphatic carbocycles. The minimum atomic E-state index is 0.545. The zero-order valence-electron chi connectivity index (χ0n) is 11.4. The van der Waals surface area contributed by atoms with Gasteiger partial charge in [0.15, 0.2) is 0 Å². The van der Waals surface area contributed by atoms with Gasteiger partial charge in [-0.3, -0.25) is 4.68 Å². The molecule has 0 spiro atoms. The summed E-state index contributed by atoms with van der Waals surface area (Å²) in [5, 5.41) is 4.44. The third kappa shape index (κ3) is 1.78. The molecule has 0 aliphatic heterocycles. The fraction of sp³-hybridized carbons (Fsp3) is 0.286. The molecule has 0 fully saturated rings. The van der Waals surface area contributed by atoms with Crippen LogP contribution in [0.5, 0.6) is 0 Å². The number of aromatic nitrogens is 4. The van der Waals surface area contributed by atoms with E-state index >= 15 is 0 Å². The molecule has 5 heteroatoms. The molecule has 0 unspecified atom stereocenters. The molecule has 19 heavy (non-hydrogen) atoms. The number of aryl methyl sites for hydroxylation is 2. The molecule has 0 saturated heterocycles. The van der Waals surface area contributed by atoms with Crippen molar-refractivity contribution in [2.24, 2.45) is 7.05 Å². The number of benzene rings is 1. The molecular weight excluding hydrogens is 238 g/mol. The van der Waals surface area contributed by atoms with Gasteiger partial charge in [-0.05, 0) is 26.0 Å². The van der Waals surface area contributed by atoms with Crippen LogP contribution in [0.1, 0.15) is 17.0 Å². The summed E-state index contributed by atoms with van der Waals surface area (Å²) in [4.78, 5) is 4.39. The number of hydrogen-bond acceptors (Lipinski definition) is 3. The molecule has 0 atom stereocenters. The monoisotopic (exact) mass is 255 g/mol. The molecule has 3 aromatic rings. The van der Waals surface area contributed by atoms with Gasteiger partial charge in [0, 0.05) is 18.3 Å². The van der Waals surface area contributed by atoms with Crippen molar-refractivity contribution in [2.45, 2.75) is 20.4 Å². The maximum atomic E-state index is 6.03. The summed E-state index contributed by atoms with van der Waals surface area (Å²) in [7, 11) is 1.96. The van der Waals surface area contributed by atoms with E-state index in [0.717, 1.165) is 22.4 Å². The third-order valence-electron chi connectivity index (χ3n) is 3.66. The zero-order valence-corrected chi connectivity index (χ0v) is 11.4. The van der Waals surface area contributed by atoms with Crippen molar-refractivity contribution >= 4 is 17.0 Å². The lowest BCUT2D eigenvalue weighted by Gasteiger charge is -2.07. The number of nitrogens with zero attached hydrogens (tertiary/aromatic N) is 4. The maximum Gasteiger partial charge on any atom is 0.201 e. The topological polar surface area (TPSA) is 61.7 Å². The lowest BCUT2D eigenvalue weighted by Crippen LogP contribution is -2.06. The van der Waals surface area contributed by atoms with Crippen LogP contribution in [0.4, 0.5) is 5.95 Å². The van der Waals surface area contributed by atoms with E-state index < -0.39 is 0 Å². The van der Waals surface area contributed by atoms with Gasteiger partial charge in [0.1, 0.15) is 0 Å². The van der Waals surface area contributed by atoms with Gasteiger partial charge in [-0.25, -0.2) is 4.98 Å². The van der Waals surface area contributed by atoms with E-state index in [-0.39, 0.29) is 0 Å². The molecule has 1 aromatic carbocycles. The van der Waals surface area contributed by atoms with Crippen molar-refractivity contribution in [3.8, 4) is 0 Å². The quantitative estimate of drug-likeness (QED) is 0.762. The van der Waals surface area contributed by atoms with Crippen LogP contribution in [-0.4, -0.2) is 19.3 Å². The summed E-state index contributed by atoms with van der Waals surface area (Å²) in [5.74, 6) is 0.545. The Kier molecular flexibility index (Phi) is 2.55. The van der Waals surface area contributed by atoms with E-state index in [4.69, 9.17) is 5.73 Å². The number of imidazole rings is 1. The van der Waals surface area contributed by atoms with E-state index in [1.165, 1.54) is 5.56 Å². The number of nitrogen functional groups attached to an aromatic ring is 1. The molecule has 0 aliphatic rings. The lowest BCUT2D eigenvalue weighted by molar-refractivity contribution is 0.728. The zero-order chi connectivity index (χ0) is 13.6. The van der Waals surface area contributed by atoms with Gasteiger partial charge < -0.3 is 10.3 Å². The van der Waals surface area contributed by atoms with Crippen LogP contribution in [0.3, 0.4) is 0 Å². The normalized spacial score (nSPS) is 11.3. The largest absolute Gasteiger partial charge is 0.369 e. The van der Waals surface area contributed by atoms with E-state index in [2.05, 4.69) is 17.0 Å². The Morgan fingerprint density at radius 3 is 2.63 bits per heavy atom. The Morgan fingerprint density at radius 2 is 1.95 bits per heavy atom. The number of para-hydroxylation sites is 2. The molecule has 5 nitrogen and oxygen atoms in total. The Bertz CT molecular complexity index is 751. The summed E-state index contributed by atoms with van der Waals surface area (Å²) in [6.45, 7) is 4.81. The van der Waals surface area contributed by atoms with Gasteiger partial charge in [0.25, 0.3) is 0 Å². The molecule has 2 aromatic heterocycles. The second-order valence-corrected chi connectivity index (χ2v) is 4.82. The highest BCUT2D eigenvalue weighted by Gasteiger charge is 2.13. The van der Waals surface area contributed by atoms with E-state index in [9.17, 15) is 0 Å². The molecular formula is C14H17N5. The highest BCUT2D eigenvalue weighted by atomic mass is 15.3. The van der Waals surface area contributed by atoms with E-state index in [0.29, 0.717) is 12.5 Å². The molecule has 0 amide bonds. The predicted molar refractivity (Wildman–Crippen MR) is 75.9 cm³/mol. The van der Waals surface area contributed by atoms with Gasteiger partial charge in [-0.15, -0.1) is 0 Å². The van der Waals surface area contributed by atoms with Crippen molar-refractivity contribution < 1.29 is 0 Å². The first-order valence-electron chi connectivity index (χ1n) is 6.27. The summed E-state index contributed by atoms with van der Waals surface area (Å²) >= 11 is 0. The lowest BCUT2D eigenvalue weighted by atomic mass is 10.2. The molecule has 0 bridgehead atoms. The second kappa shape index (κ2) is 4.12. The van der Waals surface area contributed by atoms with Crippen LogP contribution >= 0.6 is 0 Å². The Hall–Kier alpha value is -2.30. The second-order valence-electron chi connectivity index (χ2n) is 4.82. The molecule has 0 saturated carbocycles. The van der Waals surface area contributed by atoms with Crippen LogP contribution in [-0.2, 0) is 13.6 Å². The Morgan fingerprint density at radius 1 is 1.21 bits per heavy atom. The SMILES string of the molecule is Cc1nn(C)c(C)c1Cn1c(N)nc2ccccc21. The predicted octanol–water partition coefficient (Wildman–Crippen LogP) is 2.02. The first-order valence-corrected chi connectivity index (χ1v) is 6.27. The minimum absolute atomic E-state index is 0.545. The summed E-state index contributed by atoms with van der Waals surface area (Å²) in [6, 6.07) is 7.99. The third-order valence-corrected chi connectivity index (χ3v) is 3.66. The first-order chi connectivity index (χ1) is 9.08. The average molecular weight is 255 g/mol. The first kappa shape index (κ1) is 11.8. The van der Waals surface area contributed by atoms with E-state index in [1.807, 2.05) is 47.5 Å². The summed E-state index contributed by atoms with van der Waals surface area (Å²) in [6.07, 6.45) is 0. The molecule has 0 radical (unpaired) electrons. The fourth-order valence-electron chi connectivity index (χ4n) is 2.46. The van der Waals surface area contributed by atoms with Crippen LogP contribution in [0.2, 0.25) is 0 Å². The van der Waals surface area contributed by atoms with Crippen molar-refractivity contribution in [2.75, 3.05) is 5.73 Å². The van der Waals surface area contributed by atoms with Crippen LogP contribution in [0.15, 0.2) is 24.3 Å². The van der Waals surface area contributed by atoms with Gasteiger partial charge in [0.2, 0.25) is 5.95 Å². The highest BCUT2D eigenvalue weighted by molar-refractivity contribution is 5.78. The Labute approximate surface area is 111 Å². The maximum absolute atomic E-state index is 6.03. The number of rotatable bonds is 2. The van der Waals surface area contributed by atoms with Gasteiger partial charge >= 0.3 is 0 Å². The molecule has 2 heterocycles. The molecule has 98 valence electrons. The minimum Gasteiger partial charge on any atom is -0.369 e. The number of nitrogens with two attached hydrogens (primary N) is 1. The van der Waals surface area contributed by atoms with Crippen molar-refractivity contribution in [1.82, 2.24) is 19.3 Å². The number of fused-ring (bicyclic) bond motifs is 1. The van der Waals surface area contributed by atoms with Gasteiger partial charge in [0.05, 0.1) is 23.3 Å². The summed E-state index contributed by atoms with van der Waals surface area (Å²) in [5.41, 5.74) is 11.4. The fourth-order valence-corrected chi connectivity index (χ4v) is 2.46. The van der Waals surface area contributed by atoms with Crippen molar-refractivity contribution in [1.29, 1.82) is 0 Å². The number of hydrogen-bond donors (Lipinski definition) is 1. The number of anilines is 1. The molecule has 3 rings (SSSR count). The highest BCUT2D eigenvalue weighted by Crippen LogP contribution is 2.21. The van der Waals surface area contributed by atoms with Gasteiger partial charge in [-0.2, -0.15) is 5.10 Å². The van der Waals surface area contributed by atoms with Crippen LogP contribution in [0, 0.1) is 13.8 Å². The van der Waals surface area contributed by atoms with E-state index in [1.54, 1.807) is 0 Å². The molecule has 2 N–H and O–H groups in total. The van der Waals surface area contributed by atoms with Crippen molar-refractivity contribution in [3.05, 3.63) is 41.2 Å². The smallest absolute Gasteiger partial charge is 0.201 e. The van der Waals surface area contributed by atoms with Crippen LogP contribution in [0.25, 0.3) is 11.0 Å². The van der Waals surface area contributed by atoms with Gasteiger partial charge in [-0.1, -0.05) is 12.1 Å².